The van der Waals surface area contributed by atoms with Crippen LogP contribution in [-0.4, -0.2) is 54.1 Å². The normalized spacial score (nSPS) is 19.0. The van der Waals surface area contributed by atoms with Gasteiger partial charge in [0.1, 0.15) is 18.2 Å². The number of benzene rings is 2. The summed E-state index contributed by atoms with van der Waals surface area (Å²) in [6, 6.07) is 10.5. The molecule has 0 fully saturated rings. The standard InChI is InChI=1S/C22H22F4N2O2/c1-27(2)20(30)28-12-15(18-10-17(23)8-9-19(18)24)11-21(28,13-22(25,26)14-29)16-6-4-3-5-7-16/h3-11,29H,12-14H2,1-2H3. The van der Waals surface area contributed by atoms with Crippen molar-refractivity contribution in [3.8, 4) is 0 Å². The van der Waals surface area contributed by atoms with Crippen LogP contribution in [0.15, 0.2) is 54.6 Å². The average Bonchev–Trinajstić information content (AvgIpc) is 3.09. The molecule has 0 spiro atoms. The maximum atomic E-state index is 14.5. The van der Waals surface area contributed by atoms with Crippen LogP contribution in [0.4, 0.5) is 22.4 Å². The van der Waals surface area contributed by atoms with E-state index in [1.54, 1.807) is 30.3 Å². The van der Waals surface area contributed by atoms with Crippen molar-refractivity contribution in [1.82, 2.24) is 9.80 Å². The van der Waals surface area contributed by atoms with Crippen LogP contribution in [0.2, 0.25) is 0 Å². The molecule has 3 rings (SSSR count). The fourth-order valence-corrected chi connectivity index (χ4v) is 3.77. The Morgan fingerprint density at radius 1 is 1.17 bits per heavy atom. The van der Waals surface area contributed by atoms with Crippen molar-refractivity contribution in [2.24, 2.45) is 0 Å². The predicted octanol–water partition coefficient (Wildman–Crippen LogP) is 4.26. The van der Waals surface area contributed by atoms with Gasteiger partial charge >= 0.3 is 6.03 Å². The highest BCUT2D eigenvalue weighted by Gasteiger charge is 2.51. The van der Waals surface area contributed by atoms with Crippen molar-refractivity contribution in [2.45, 2.75) is 17.9 Å². The van der Waals surface area contributed by atoms with Gasteiger partial charge < -0.3 is 14.9 Å². The van der Waals surface area contributed by atoms with E-state index in [2.05, 4.69) is 0 Å². The Morgan fingerprint density at radius 2 is 1.83 bits per heavy atom. The molecule has 0 aliphatic carbocycles. The molecule has 160 valence electrons. The molecule has 0 radical (unpaired) electrons. The molecule has 0 bridgehead atoms. The molecule has 2 aromatic carbocycles. The summed E-state index contributed by atoms with van der Waals surface area (Å²) in [5.74, 6) is -4.93. The lowest BCUT2D eigenvalue weighted by atomic mass is 9.83. The van der Waals surface area contributed by atoms with Gasteiger partial charge in [-0.1, -0.05) is 30.3 Å². The molecule has 1 heterocycles. The summed E-state index contributed by atoms with van der Waals surface area (Å²) in [6.45, 7) is -1.61. The number of hydrogen-bond acceptors (Lipinski definition) is 2. The maximum absolute atomic E-state index is 14.5. The summed E-state index contributed by atoms with van der Waals surface area (Å²) in [4.78, 5) is 15.4. The first-order valence-electron chi connectivity index (χ1n) is 9.30. The third-order valence-electron chi connectivity index (χ3n) is 5.14. The number of carbonyl (C=O) groups excluding carboxylic acids is 1. The Morgan fingerprint density at radius 3 is 2.43 bits per heavy atom. The average molecular weight is 422 g/mol. The summed E-state index contributed by atoms with van der Waals surface area (Å²) in [7, 11) is 2.95. The van der Waals surface area contributed by atoms with Crippen LogP contribution in [0.25, 0.3) is 5.57 Å². The summed E-state index contributed by atoms with van der Waals surface area (Å²) < 4.78 is 57.2. The van der Waals surface area contributed by atoms with Gasteiger partial charge in [-0.25, -0.2) is 22.4 Å². The van der Waals surface area contributed by atoms with Gasteiger partial charge in [-0.2, -0.15) is 0 Å². The first-order valence-corrected chi connectivity index (χ1v) is 9.30. The topological polar surface area (TPSA) is 43.8 Å². The Labute approximate surface area is 172 Å². The minimum Gasteiger partial charge on any atom is -0.390 e. The van der Waals surface area contributed by atoms with Crippen LogP contribution in [-0.2, 0) is 5.54 Å². The fraction of sp³-hybridized carbons (Fsp3) is 0.318. The Kier molecular flexibility index (Phi) is 5.90. The lowest BCUT2D eigenvalue weighted by Crippen LogP contribution is -2.52. The number of carbonyl (C=O) groups is 1. The zero-order valence-electron chi connectivity index (χ0n) is 16.6. The van der Waals surface area contributed by atoms with Gasteiger partial charge in [0, 0.05) is 32.6 Å². The summed E-state index contributed by atoms with van der Waals surface area (Å²) in [5, 5.41) is 9.22. The summed E-state index contributed by atoms with van der Waals surface area (Å²) >= 11 is 0. The van der Waals surface area contributed by atoms with Crippen LogP contribution < -0.4 is 0 Å². The molecule has 1 aliphatic rings. The van der Waals surface area contributed by atoms with Gasteiger partial charge in [-0.3, -0.25) is 0 Å². The van der Waals surface area contributed by atoms with Crippen LogP contribution in [0.1, 0.15) is 17.5 Å². The number of aliphatic hydroxyl groups excluding tert-OH is 1. The molecule has 0 saturated carbocycles. The monoisotopic (exact) mass is 422 g/mol. The van der Waals surface area contributed by atoms with Crippen molar-refractivity contribution in [3.05, 3.63) is 77.4 Å². The van der Waals surface area contributed by atoms with Gasteiger partial charge in [0.2, 0.25) is 0 Å². The SMILES string of the molecule is CN(C)C(=O)N1CC(c2cc(F)ccc2F)=CC1(CC(F)(F)CO)c1ccccc1. The smallest absolute Gasteiger partial charge is 0.320 e. The van der Waals surface area contributed by atoms with Crippen LogP contribution in [0, 0.1) is 11.6 Å². The van der Waals surface area contributed by atoms with E-state index >= 15 is 0 Å². The third kappa shape index (κ3) is 4.05. The van der Waals surface area contributed by atoms with Crippen LogP contribution in [0.5, 0.6) is 0 Å². The van der Waals surface area contributed by atoms with E-state index in [1.807, 2.05) is 0 Å². The van der Waals surface area contributed by atoms with E-state index in [9.17, 15) is 27.5 Å². The first-order chi connectivity index (χ1) is 14.1. The second kappa shape index (κ2) is 8.10. The molecule has 2 amide bonds. The van der Waals surface area contributed by atoms with Crippen molar-refractivity contribution in [2.75, 3.05) is 27.2 Å². The second-order valence-electron chi connectivity index (χ2n) is 7.54. The largest absolute Gasteiger partial charge is 0.390 e. The number of urea groups is 1. The molecule has 30 heavy (non-hydrogen) atoms. The van der Waals surface area contributed by atoms with Gasteiger partial charge in [0.05, 0.1) is 5.54 Å². The van der Waals surface area contributed by atoms with E-state index in [0.29, 0.717) is 5.56 Å². The van der Waals surface area contributed by atoms with E-state index in [4.69, 9.17) is 0 Å². The van der Waals surface area contributed by atoms with Crippen molar-refractivity contribution in [1.29, 1.82) is 0 Å². The highest BCUT2D eigenvalue weighted by Crippen LogP contribution is 2.47. The molecule has 1 aliphatic heterocycles. The highest BCUT2D eigenvalue weighted by molar-refractivity contribution is 5.83. The molecule has 1 N–H and O–H groups in total. The second-order valence-corrected chi connectivity index (χ2v) is 7.54. The number of halogens is 4. The minimum atomic E-state index is -3.52. The Balaban J connectivity index is 2.25. The van der Waals surface area contributed by atoms with Crippen LogP contribution >= 0.6 is 0 Å². The van der Waals surface area contributed by atoms with E-state index < -0.39 is 42.2 Å². The third-order valence-corrected chi connectivity index (χ3v) is 5.14. The number of amides is 2. The van der Waals surface area contributed by atoms with Crippen molar-refractivity contribution >= 4 is 11.6 Å². The number of alkyl halides is 2. The molecular formula is C22H22F4N2O2. The van der Waals surface area contributed by atoms with Gasteiger partial charge in [0.25, 0.3) is 5.92 Å². The zero-order valence-corrected chi connectivity index (χ0v) is 16.6. The Hall–Kier alpha value is -2.87. The zero-order chi connectivity index (χ0) is 22.1. The highest BCUT2D eigenvalue weighted by atomic mass is 19.3. The predicted molar refractivity (Wildman–Crippen MR) is 105 cm³/mol. The molecule has 1 atom stereocenters. The van der Waals surface area contributed by atoms with E-state index in [-0.39, 0.29) is 17.7 Å². The van der Waals surface area contributed by atoms with Gasteiger partial charge in [-0.15, -0.1) is 0 Å². The molecule has 4 nitrogen and oxygen atoms in total. The lowest BCUT2D eigenvalue weighted by molar-refractivity contribution is -0.0812. The molecule has 8 heteroatoms. The number of rotatable bonds is 5. The molecule has 2 aromatic rings. The maximum Gasteiger partial charge on any atom is 0.320 e. The fourth-order valence-electron chi connectivity index (χ4n) is 3.77. The van der Waals surface area contributed by atoms with Crippen molar-refractivity contribution in [3.63, 3.8) is 0 Å². The van der Waals surface area contributed by atoms with Crippen molar-refractivity contribution < 1.29 is 27.5 Å². The number of aliphatic hydroxyl groups is 1. The number of hydrogen-bond donors (Lipinski definition) is 1. The lowest BCUT2D eigenvalue weighted by Gasteiger charge is -2.41. The molecule has 0 saturated heterocycles. The Bertz CT molecular complexity index is 963. The quantitative estimate of drug-likeness (QED) is 0.732. The summed E-state index contributed by atoms with van der Waals surface area (Å²) in [5.41, 5.74) is -1.18. The van der Waals surface area contributed by atoms with E-state index in [1.165, 1.54) is 30.0 Å². The molecule has 1 unspecified atom stereocenters. The summed E-state index contributed by atoms with van der Waals surface area (Å²) in [6.07, 6.45) is 0.464. The minimum absolute atomic E-state index is 0.100. The first kappa shape index (κ1) is 21.8. The van der Waals surface area contributed by atoms with Gasteiger partial charge in [0.15, 0.2) is 0 Å². The molecular weight excluding hydrogens is 400 g/mol. The van der Waals surface area contributed by atoms with Gasteiger partial charge in [-0.05, 0) is 35.4 Å². The van der Waals surface area contributed by atoms with E-state index in [0.717, 1.165) is 18.2 Å². The number of nitrogens with zero attached hydrogens (tertiary/aromatic N) is 2. The van der Waals surface area contributed by atoms with Crippen LogP contribution in [0.3, 0.4) is 0 Å². The molecule has 0 aromatic heterocycles.